The van der Waals surface area contributed by atoms with Crippen LogP contribution in [-0.2, 0) is 9.59 Å². The SMILES string of the molecule is O=C(CN1C(=O)S/C(=C\c2ccc(-c3ccc([N+](=O)[O-])cc3Br)o2)C1=O)Nc1cccc(F)c1. The van der Waals surface area contributed by atoms with Crippen molar-refractivity contribution in [1.82, 2.24) is 4.90 Å². The molecule has 0 spiro atoms. The first-order valence-electron chi connectivity index (χ1n) is 9.56. The molecule has 172 valence electrons. The number of nitro benzene ring substituents is 1. The molecule has 3 aromatic rings. The lowest BCUT2D eigenvalue weighted by Gasteiger charge is -2.12. The third-order valence-electron chi connectivity index (χ3n) is 4.61. The Balaban J connectivity index is 1.47. The quantitative estimate of drug-likeness (QED) is 0.249. The van der Waals surface area contributed by atoms with E-state index in [1.165, 1.54) is 42.5 Å². The standard InChI is InChI=1S/C22H13BrFN3O6S/c23-17-9-14(27(31)32)4-6-16(17)18-7-5-15(33-18)10-19-21(29)26(22(30)34-19)11-20(28)25-13-3-1-2-12(24)8-13/h1-10H,11H2,(H,25,28)/b19-10-. The number of furan rings is 1. The van der Waals surface area contributed by atoms with Gasteiger partial charge in [-0.25, -0.2) is 4.39 Å². The normalized spacial score (nSPS) is 14.6. The predicted molar refractivity (Wildman–Crippen MR) is 126 cm³/mol. The summed E-state index contributed by atoms with van der Waals surface area (Å²) < 4.78 is 19.4. The van der Waals surface area contributed by atoms with Crippen LogP contribution < -0.4 is 5.32 Å². The number of carbonyl (C=O) groups is 3. The molecule has 1 aliphatic rings. The number of hydrogen-bond donors (Lipinski definition) is 1. The Bertz CT molecular complexity index is 1370. The molecule has 9 nitrogen and oxygen atoms in total. The van der Waals surface area contributed by atoms with Crippen molar-refractivity contribution in [2.75, 3.05) is 11.9 Å². The van der Waals surface area contributed by atoms with Crippen molar-refractivity contribution in [3.05, 3.63) is 85.7 Å². The van der Waals surface area contributed by atoms with E-state index in [9.17, 15) is 28.9 Å². The van der Waals surface area contributed by atoms with E-state index in [4.69, 9.17) is 4.42 Å². The second kappa shape index (κ2) is 9.61. The number of rotatable bonds is 6. The average Bonchev–Trinajstić information content (AvgIpc) is 3.34. The lowest BCUT2D eigenvalue weighted by Crippen LogP contribution is -2.36. The van der Waals surface area contributed by atoms with Gasteiger partial charge in [-0.2, -0.15) is 0 Å². The molecule has 34 heavy (non-hydrogen) atoms. The number of hydrogen-bond acceptors (Lipinski definition) is 7. The molecule has 0 bridgehead atoms. The number of non-ortho nitro benzene ring substituents is 1. The number of carbonyl (C=O) groups excluding carboxylic acids is 3. The Hall–Kier alpha value is -3.77. The van der Waals surface area contributed by atoms with Crippen molar-refractivity contribution < 1.29 is 28.1 Å². The van der Waals surface area contributed by atoms with Crippen molar-refractivity contribution in [2.45, 2.75) is 0 Å². The molecule has 0 aliphatic carbocycles. The van der Waals surface area contributed by atoms with Gasteiger partial charge in [0.15, 0.2) is 0 Å². The Morgan fingerprint density at radius 2 is 2.00 bits per heavy atom. The fourth-order valence-corrected chi connectivity index (χ4v) is 4.45. The summed E-state index contributed by atoms with van der Waals surface area (Å²) in [6, 6.07) is 12.6. The number of nitrogens with one attached hydrogen (secondary N) is 1. The van der Waals surface area contributed by atoms with Crippen molar-refractivity contribution in [3.8, 4) is 11.3 Å². The molecular formula is C22H13BrFN3O6S. The monoisotopic (exact) mass is 545 g/mol. The number of amides is 3. The van der Waals surface area contributed by atoms with Crippen LogP contribution in [0.1, 0.15) is 5.76 Å². The number of nitrogens with zero attached hydrogens (tertiary/aromatic N) is 2. The number of benzene rings is 2. The van der Waals surface area contributed by atoms with Gasteiger partial charge in [0.2, 0.25) is 5.91 Å². The topological polar surface area (TPSA) is 123 Å². The predicted octanol–water partition coefficient (Wildman–Crippen LogP) is 5.43. The molecule has 0 atom stereocenters. The zero-order chi connectivity index (χ0) is 24.4. The first kappa shape index (κ1) is 23.4. The minimum atomic E-state index is -0.668. The first-order chi connectivity index (χ1) is 16.2. The summed E-state index contributed by atoms with van der Waals surface area (Å²) in [5, 5.41) is 12.7. The third-order valence-corrected chi connectivity index (χ3v) is 6.18. The van der Waals surface area contributed by atoms with E-state index in [2.05, 4.69) is 21.2 Å². The number of imide groups is 1. The van der Waals surface area contributed by atoms with E-state index in [0.717, 1.165) is 11.0 Å². The van der Waals surface area contributed by atoms with Gasteiger partial charge in [-0.3, -0.25) is 29.4 Å². The van der Waals surface area contributed by atoms with Gasteiger partial charge in [0.25, 0.3) is 16.8 Å². The zero-order valence-electron chi connectivity index (χ0n) is 17.0. The summed E-state index contributed by atoms with van der Waals surface area (Å²) in [4.78, 5) is 48.4. The van der Waals surface area contributed by atoms with E-state index in [0.29, 0.717) is 27.6 Å². The largest absolute Gasteiger partial charge is 0.457 e. The lowest BCUT2D eigenvalue weighted by molar-refractivity contribution is -0.384. The number of anilines is 1. The van der Waals surface area contributed by atoms with Gasteiger partial charge in [-0.1, -0.05) is 6.07 Å². The highest BCUT2D eigenvalue weighted by Crippen LogP contribution is 2.35. The molecule has 1 N–H and O–H groups in total. The van der Waals surface area contributed by atoms with Gasteiger partial charge < -0.3 is 9.73 Å². The van der Waals surface area contributed by atoms with E-state index in [-0.39, 0.29) is 22.0 Å². The molecule has 2 heterocycles. The van der Waals surface area contributed by atoms with Crippen LogP contribution in [0.25, 0.3) is 17.4 Å². The molecule has 0 unspecified atom stereocenters. The van der Waals surface area contributed by atoms with Crippen LogP contribution in [0.5, 0.6) is 0 Å². The van der Waals surface area contributed by atoms with E-state index >= 15 is 0 Å². The Kier molecular flexibility index (Phi) is 6.61. The van der Waals surface area contributed by atoms with Crippen LogP contribution in [0.15, 0.2) is 68.4 Å². The Morgan fingerprint density at radius 3 is 2.71 bits per heavy atom. The van der Waals surface area contributed by atoms with Gasteiger partial charge >= 0.3 is 0 Å². The van der Waals surface area contributed by atoms with E-state index in [1.54, 1.807) is 12.1 Å². The van der Waals surface area contributed by atoms with E-state index in [1.807, 2.05) is 0 Å². The van der Waals surface area contributed by atoms with Crippen LogP contribution in [0.4, 0.5) is 20.6 Å². The van der Waals surface area contributed by atoms with Crippen LogP contribution in [0, 0.1) is 15.9 Å². The van der Waals surface area contributed by atoms with Gasteiger partial charge in [-0.05, 0) is 64.1 Å². The third kappa shape index (κ3) is 5.07. The van der Waals surface area contributed by atoms with Crippen molar-refractivity contribution in [1.29, 1.82) is 0 Å². The van der Waals surface area contributed by atoms with Crippen LogP contribution in [0.3, 0.4) is 0 Å². The van der Waals surface area contributed by atoms with Crippen LogP contribution in [-0.4, -0.2) is 33.4 Å². The molecule has 1 fully saturated rings. The lowest BCUT2D eigenvalue weighted by atomic mass is 10.1. The molecule has 0 saturated carbocycles. The molecule has 12 heteroatoms. The van der Waals surface area contributed by atoms with Crippen LogP contribution >= 0.6 is 27.7 Å². The van der Waals surface area contributed by atoms with Crippen molar-refractivity contribution in [3.63, 3.8) is 0 Å². The minimum absolute atomic E-state index is 0.0622. The average molecular weight is 546 g/mol. The number of thioether (sulfide) groups is 1. The maximum Gasteiger partial charge on any atom is 0.294 e. The smallest absolute Gasteiger partial charge is 0.294 e. The molecular weight excluding hydrogens is 533 g/mol. The Labute approximate surface area is 203 Å². The Morgan fingerprint density at radius 1 is 1.21 bits per heavy atom. The van der Waals surface area contributed by atoms with Gasteiger partial charge in [0, 0.05) is 33.9 Å². The number of nitro groups is 1. The summed E-state index contributed by atoms with van der Waals surface area (Å²) in [5.41, 5.74) is 0.679. The molecule has 1 aromatic heterocycles. The molecule has 4 rings (SSSR count). The molecule has 0 radical (unpaired) electrons. The fraction of sp³-hybridized carbons (Fsp3) is 0.0455. The minimum Gasteiger partial charge on any atom is -0.457 e. The van der Waals surface area contributed by atoms with Crippen molar-refractivity contribution in [2.24, 2.45) is 0 Å². The van der Waals surface area contributed by atoms with Gasteiger partial charge in [0.05, 0.1) is 9.83 Å². The van der Waals surface area contributed by atoms with E-state index < -0.39 is 34.3 Å². The highest BCUT2D eigenvalue weighted by molar-refractivity contribution is 9.10. The maximum atomic E-state index is 13.3. The highest BCUT2D eigenvalue weighted by Gasteiger charge is 2.36. The number of halogens is 2. The second-order valence-corrected chi connectivity index (χ2v) is 8.80. The summed E-state index contributed by atoms with van der Waals surface area (Å²) >= 11 is 3.93. The zero-order valence-corrected chi connectivity index (χ0v) is 19.4. The van der Waals surface area contributed by atoms with Gasteiger partial charge in [-0.15, -0.1) is 0 Å². The maximum absolute atomic E-state index is 13.3. The summed E-state index contributed by atoms with van der Waals surface area (Å²) in [5.74, 6) is -1.20. The van der Waals surface area contributed by atoms with Crippen molar-refractivity contribution >= 4 is 62.2 Å². The summed E-state index contributed by atoms with van der Waals surface area (Å²) in [6.07, 6.45) is 1.37. The first-order valence-corrected chi connectivity index (χ1v) is 11.2. The molecule has 2 aromatic carbocycles. The summed E-state index contributed by atoms with van der Waals surface area (Å²) in [7, 11) is 0. The molecule has 3 amide bonds. The fourth-order valence-electron chi connectivity index (χ4n) is 3.07. The summed E-state index contributed by atoms with van der Waals surface area (Å²) in [6.45, 7) is -0.530. The molecule has 1 saturated heterocycles. The van der Waals surface area contributed by atoms with Crippen LogP contribution in [0.2, 0.25) is 0 Å². The van der Waals surface area contributed by atoms with Gasteiger partial charge in [0.1, 0.15) is 23.9 Å². The second-order valence-electron chi connectivity index (χ2n) is 6.95. The molecule has 1 aliphatic heterocycles. The highest BCUT2D eigenvalue weighted by atomic mass is 79.9.